The lowest BCUT2D eigenvalue weighted by Gasteiger charge is -2.16. The fourth-order valence-electron chi connectivity index (χ4n) is 1.93. The minimum absolute atomic E-state index is 0.644. The highest BCUT2D eigenvalue weighted by atomic mass is 16.5. The van der Waals surface area contributed by atoms with Crippen LogP contribution < -0.4 is 4.74 Å². The summed E-state index contributed by atoms with van der Waals surface area (Å²) < 4.78 is 5.67. The number of aromatic nitrogens is 1. The van der Waals surface area contributed by atoms with Gasteiger partial charge in [-0.25, -0.2) is 0 Å². The maximum absolute atomic E-state index is 10.5. The number of hydrogen-bond donors (Lipinski definition) is 1. The van der Waals surface area contributed by atoms with Crippen LogP contribution in [0, 0.1) is 6.92 Å². The molecule has 1 heterocycles. The molecule has 0 aliphatic rings. The molecule has 1 N–H and O–H groups in total. The number of pyridine rings is 1. The average molecular weight is 257 g/mol. The molecule has 1 aromatic heterocycles. The minimum Gasteiger partial charge on any atom is -0.493 e. The van der Waals surface area contributed by atoms with Crippen LogP contribution >= 0.6 is 0 Å². The summed E-state index contributed by atoms with van der Waals surface area (Å²) in [5.74, 6) is 0.722. The Kier molecular flexibility index (Phi) is 4.53. The van der Waals surface area contributed by atoms with Crippen molar-refractivity contribution in [2.45, 2.75) is 26.4 Å². The Bertz CT molecular complexity index is 540. The second-order valence-electron chi connectivity index (χ2n) is 4.49. The zero-order valence-electron chi connectivity index (χ0n) is 11.3. The van der Waals surface area contributed by atoms with E-state index in [0.717, 1.165) is 23.4 Å². The van der Waals surface area contributed by atoms with Gasteiger partial charge in [0.1, 0.15) is 11.9 Å². The van der Waals surface area contributed by atoms with Crippen LogP contribution in [-0.4, -0.2) is 16.7 Å². The van der Waals surface area contributed by atoms with Gasteiger partial charge in [0, 0.05) is 11.3 Å². The van der Waals surface area contributed by atoms with Crippen molar-refractivity contribution in [1.82, 2.24) is 4.98 Å². The predicted octanol–water partition coefficient (Wildman–Crippen LogP) is 3.26. The summed E-state index contributed by atoms with van der Waals surface area (Å²) in [4.78, 5) is 4.37. The van der Waals surface area contributed by atoms with Gasteiger partial charge in [0.15, 0.2) is 0 Å². The Balaban J connectivity index is 2.30. The molecule has 2 aromatic rings. The summed E-state index contributed by atoms with van der Waals surface area (Å²) in [6.45, 7) is 4.61. The first-order chi connectivity index (χ1) is 9.22. The summed E-state index contributed by atoms with van der Waals surface area (Å²) >= 11 is 0. The van der Waals surface area contributed by atoms with Crippen molar-refractivity contribution in [2.75, 3.05) is 6.61 Å². The Morgan fingerprint density at radius 2 is 1.95 bits per heavy atom. The van der Waals surface area contributed by atoms with E-state index in [1.807, 2.05) is 49.4 Å². The first-order valence-electron chi connectivity index (χ1n) is 6.55. The normalized spacial score (nSPS) is 12.2. The highest BCUT2D eigenvalue weighted by Crippen LogP contribution is 2.29. The van der Waals surface area contributed by atoms with Gasteiger partial charge in [-0.2, -0.15) is 0 Å². The monoisotopic (exact) mass is 257 g/mol. The van der Waals surface area contributed by atoms with Gasteiger partial charge >= 0.3 is 0 Å². The third kappa shape index (κ3) is 3.32. The van der Waals surface area contributed by atoms with E-state index in [9.17, 15) is 5.11 Å². The third-order valence-corrected chi connectivity index (χ3v) is 2.87. The van der Waals surface area contributed by atoms with Gasteiger partial charge in [-0.3, -0.25) is 4.98 Å². The Morgan fingerprint density at radius 3 is 2.68 bits per heavy atom. The number of hydrogen-bond acceptors (Lipinski definition) is 3. The van der Waals surface area contributed by atoms with Crippen LogP contribution in [0.3, 0.4) is 0 Å². The fraction of sp³-hybridized carbons (Fsp3) is 0.312. The molecular formula is C16H19NO2. The summed E-state index contributed by atoms with van der Waals surface area (Å²) in [5.41, 5.74) is 2.30. The molecule has 0 aliphatic heterocycles. The predicted molar refractivity (Wildman–Crippen MR) is 75.3 cm³/mol. The van der Waals surface area contributed by atoms with Crippen LogP contribution in [-0.2, 0) is 0 Å². The minimum atomic E-state index is -0.757. The topological polar surface area (TPSA) is 42.4 Å². The smallest absolute Gasteiger partial charge is 0.125 e. The highest BCUT2D eigenvalue weighted by molar-refractivity contribution is 5.38. The number of aryl methyl sites for hydroxylation is 1. The maximum Gasteiger partial charge on any atom is 0.125 e. The molecule has 1 unspecified atom stereocenters. The summed E-state index contributed by atoms with van der Waals surface area (Å²) in [6.07, 6.45) is 0.181. The standard InChI is InChI=1S/C16H19NO2/c1-3-11-19-15-10-5-4-8-13(15)16(18)14-9-6-7-12(2)17-14/h4-10,16,18H,3,11H2,1-2H3. The van der Waals surface area contributed by atoms with Crippen molar-refractivity contribution in [1.29, 1.82) is 0 Å². The van der Waals surface area contributed by atoms with Crippen molar-refractivity contribution in [3.05, 3.63) is 59.4 Å². The lowest BCUT2D eigenvalue weighted by Crippen LogP contribution is -2.06. The second-order valence-corrected chi connectivity index (χ2v) is 4.49. The van der Waals surface area contributed by atoms with Crippen molar-refractivity contribution in [3.63, 3.8) is 0 Å². The van der Waals surface area contributed by atoms with E-state index >= 15 is 0 Å². The fourth-order valence-corrected chi connectivity index (χ4v) is 1.93. The molecule has 2 rings (SSSR count). The van der Waals surface area contributed by atoms with E-state index in [2.05, 4.69) is 11.9 Å². The molecule has 0 saturated carbocycles. The molecule has 100 valence electrons. The van der Waals surface area contributed by atoms with Gasteiger partial charge in [-0.05, 0) is 31.5 Å². The number of rotatable bonds is 5. The van der Waals surface area contributed by atoms with Crippen LogP contribution in [0.5, 0.6) is 5.75 Å². The van der Waals surface area contributed by atoms with E-state index < -0.39 is 6.10 Å². The third-order valence-electron chi connectivity index (χ3n) is 2.87. The van der Waals surface area contributed by atoms with E-state index in [-0.39, 0.29) is 0 Å². The molecule has 1 atom stereocenters. The Labute approximate surface area is 113 Å². The molecule has 3 heteroatoms. The van der Waals surface area contributed by atoms with Gasteiger partial charge < -0.3 is 9.84 Å². The lowest BCUT2D eigenvalue weighted by molar-refractivity contribution is 0.206. The maximum atomic E-state index is 10.5. The van der Waals surface area contributed by atoms with Crippen LogP contribution in [0.2, 0.25) is 0 Å². The molecule has 3 nitrogen and oxygen atoms in total. The van der Waals surface area contributed by atoms with Gasteiger partial charge in [0.2, 0.25) is 0 Å². The molecule has 0 amide bonds. The molecule has 0 fully saturated rings. The number of aliphatic hydroxyl groups excluding tert-OH is 1. The summed E-state index contributed by atoms with van der Waals surface area (Å²) in [5, 5.41) is 10.5. The van der Waals surface area contributed by atoms with E-state index in [4.69, 9.17) is 4.74 Å². The van der Waals surface area contributed by atoms with Crippen LogP contribution in [0.1, 0.15) is 36.4 Å². The quantitative estimate of drug-likeness (QED) is 0.894. The second kappa shape index (κ2) is 6.34. The number of aliphatic hydroxyl groups is 1. The van der Waals surface area contributed by atoms with Crippen LogP contribution in [0.15, 0.2) is 42.5 Å². The van der Waals surface area contributed by atoms with Crippen LogP contribution in [0.4, 0.5) is 0 Å². The van der Waals surface area contributed by atoms with E-state index in [1.54, 1.807) is 0 Å². The van der Waals surface area contributed by atoms with Crippen LogP contribution in [0.25, 0.3) is 0 Å². The number of nitrogens with zero attached hydrogens (tertiary/aromatic N) is 1. The first kappa shape index (κ1) is 13.6. The van der Waals surface area contributed by atoms with E-state index in [1.165, 1.54) is 0 Å². The van der Waals surface area contributed by atoms with Crippen molar-refractivity contribution >= 4 is 0 Å². The SMILES string of the molecule is CCCOc1ccccc1C(O)c1cccc(C)n1. The molecular weight excluding hydrogens is 238 g/mol. The molecule has 0 aliphatic carbocycles. The molecule has 0 spiro atoms. The van der Waals surface area contributed by atoms with Crippen molar-refractivity contribution in [2.24, 2.45) is 0 Å². The molecule has 1 aromatic carbocycles. The van der Waals surface area contributed by atoms with Crippen molar-refractivity contribution < 1.29 is 9.84 Å². The molecule has 19 heavy (non-hydrogen) atoms. The lowest BCUT2D eigenvalue weighted by atomic mass is 10.0. The highest BCUT2D eigenvalue weighted by Gasteiger charge is 2.16. The molecule has 0 bridgehead atoms. The van der Waals surface area contributed by atoms with E-state index in [0.29, 0.717) is 12.3 Å². The number of benzene rings is 1. The average Bonchev–Trinajstić information content (AvgIpc) is 2.44. The van der Waals surface area contributed by atoms with Gasteiger partial charge in [-0.15, -0.1) is 0 Å². The first-order valence-corrected chi connectivity index (χ1v) is 6.55. The number of para-hydroxylation sites is 1. The summed E-state index contributed by atoms with van der Waals surface area (Å²) in [6, 6.07) is 13.2. The molecule has 0 saturated heterocycles. The Hall–Kier alpha value is -1.87. The summed E-state index contributed by atoms with van der Waals surface area (Å²) in [7, 11) is 0. The van der Waals surface area contributed by atoms with Gasteiger partial charge in [-0.1, -0.05) is 31.2 Å². The zero-order valence-corrected chi connectivity index (χ0v) is 11.3. The molecule has 0 radical (unpaired) electrons. The zero-order chi connectivity index (χ0) is 13.7. The van der Waals surface area contributed by atoms with Gasteiger partial charge in [0.05, 0.1) is 12.3 Å². The van der Waals surface area contributed by atoms with Crippen molar-refractivity contribution in [3.8, 4) is 5.75 Å². The Morgan fingerprint density at radius 1 is 1.16 bits per heavy atom. The van der Waals surface area contributed by atoms with Gasteiger partial charge in [0.25, 0.3) is 0 Å². The largest absolute Gasteiger partial charge is 0.493 e. The number of ether oxygens (including phenoxy) is 1.